The van der Waals surface area contributed by atoms with Crippen LogP contribution in [-0.4, -0.2) is 41.0 Å². The summed E-state index contributed by atoms with van der Waals surface area (Å²) in [7, 11) is 0. The summed E-state index contributed by atoms with van der Waals surface area (Å²) >= 11 is 0. The molecule has 2 fully saturated rings. The van der Waals surface area contributed by atoms with E-state index in [-0.39, 0.29) is 12.0 Å². The number of aryl methyl sites for hydroxylation is 1. The summed E-state index contributed by atoms with van der Waals surface area (Å²) in [6, 6.07) is 8.03. The summed E-state index contributed by atoms with van der Waals surface area (Å²) < 4.78 is 19.9. The van der Waals surface area contributed by atoms with Gasteiger partial charge in [-0.2, -0.15) is 0 Å². The second kappa shape index (κ2) is 7.75. The van der Waals surface area contributed by atoms with E-state index in [0.717, 1.165) is 55.2 Å². The fraction of sp³-hybridized carbons (Fsp3) is 0.478. The maximum atomic E-state index is 13.6. The average molecular weight is 395 g/mol. The van der Waals surface area contributed by atoms with Gasteiger partial charge in [-0.15, -0.1) is 0 Å². The molecular formula is C23H26FN3O2. The summed E-state index contributed by atoms with van der Waals surface area (Å²) in [5.74, 6) is 0.370. The molecule has 29 heavy (non-hydrogen) atoms. The Morgan fingerprint density at radius 1 is 1.03 bits per heavy atom. The van der Waals surface area contributed by atoms with Crippen molar-refractivity contribution in [2.24, 2.45) is 0 Å². The van der Waals surface area contributed by atoms with Crippen molar-refractivity contribution in [3.05, 3.63) is 48.0 Å². The largest absolute Gasteiger partial charge is 0.490 e. The van der Waals surface area contributed by atoms with Crippen molar-refractivity contribution in [3.63, 3.8) is 0 Å². The molecule has 2 aliphatic heterocycles. The van der Waals surface area contributed by atoms with Crippen molar-refractivity contribution in [2.75, 3.05) is 18.0 Å². The van der Waals surface area contributed by atoms with Gasteiger partial charge in [-0.3, -0.25) is 14.7 Å². The highest BCUT2D eigenvalue weighted by Gasteiger charge is 2.30. The number of halogens is 1. The number of anilines is 2. The van der Waals surface area contributed by atoms with E-state index in [1.54, 1.807) is 4.90 Å². The third kappa shape index (κ3) is 3.73. The second-order valence-electron chi connectivity index (χ2n) is 8.32. The van der Waals surface area contributed by atoms with Crippen LogP contribution in [0.25, 0.3) is 0 Å². The lowest BCUT2D eigenvalue weighted by atomic mass is 9.90. The van der Waals surface area contributed by atoms with Gasteiger partial charge in [0.15, 0.2) is 0 Å². The van der Waals surface area contributed by atoms with Crippen LogP contribution in [0, 0.1) is 5.82 Å². The van der Waals surface area contributed by atoms with Crippen molar-refractivity contribution in [1.29, 1.82) is 0 Å². The highest BCUT2D eigenvalue weighted by molar-refractivity contribution is 6.03. The number of carbonyl (C=O) groups excluding carboxylic acids is 1. The zero-order chi connectivity index (χ0) is 19.8. The molecule has 0 radical (unpaired) electrons. The summed E-state index contributed by atoms with van der Waals surface area (Å²) in [4.78, 5) is 20.6. The van der Waals surface area contributed by atoms with Gasteiger partial charge in [-0.05, 0) is 55.9 Å². The molecule has 152 valence electrons. The Morgan fingerprint density at radius 2 is 1.86 bits per heavy atom. The van der Waals surface area contributed by atoms with E-state index in [1.165, 1.54) is 31.5 Å². The molecule has 0 unspecified atom stereocenters. The highest BCUT2D eigenvalue weighted by atomic mass is 19.1. The fourth-order valence-electron chi connectivity index (χ4n) is 4.65. The molecule has 0 N–H and O–H groups in total. The third-order valence-corrected chi connectivity index (χ3v) is 6.47. The van der Waals surface area contributed by atoms with Gasteiger partial charge in [0.25, 0.3) is 0 Å². The molecule has 6 heteroatoms. The number of piperidine rings is 1. The molecule has 3 aliphatic rings. The predicted octanol–water partition coefficient (Wildman–Crippen LogP) is 4.23. The van der Waals surface area contributed by atoms with Gasteiger partial charge in [0, 0.05) is 31.6 Å². The van der Waals surface area contributed by atoms with Crippen molar-refractivity contribution in [1.82, 2.24) is 9.88 Å². The number of nitrogens with zero attached hydrogens (tertiary/aromatic N) is 3. The topological polar surface area (TPSA) is 45.7 Å². The molecule has 0 spiro atoms. The summed E-state index contributed by atoms with van der Waals surface area (Å²) in [6.07, 6.45) is 10.2. The number of pyridine rings is 1. The predicted molar refractivity (Wildman–Crippen MR) is 109 cm³/mol. The van der Waals surface area contributed by atoms with E-state index in [0.29, 0.717) is 18.5 Å². The van der Waals surface area contributed by atoms with Gasteiger partial charge in [0.1, 0.15) is 17.7 Å². The number of amides is 1. The van der Waals surface area contributed by atoms with Crippen LogP contribution in [0.5, 0.6) is 5.75 Å². The molecular weight excluding hydrogens is 369 g/mol. The van der Waals surface area contributed by atoms with E-state index < -0.39 is 5.82 Å². The SMILES string of the molecule is O=C1CCc2cc(OC3CCN(C4CCC4)CC3)ccc2N1c1cncc(F)c1. The van der Waals surface area contributed by atoms with Crippen molar-refractivity contribution in [2.45, 2.75) is 57.1 Å². The van der Waals surface area contributed by atoms with Gasteiger partial charge in [0.05, 0.1) is 23.8 Å². The zero-order valence-electron chi connectivity index (χ0n) is 16.5. The molecule has 1 aromatic heterocycles. The first kappa shape index (κ1) is 18.6. The third-order valence-electron chi connectivity index (χ3n) is 6.47. The average Bonchev–Trinajstić information content (AvgIpc) is 2.68. The summed E-state index contributed by atoms with van der Waals surface area (Å²) in [5.41, 5.74) is 2.31. The molecule has 0 bridgehead atoms. The van der Waals surface area contributed by atoms with E-state index >= 15 is 0 Å². The van der Waals surface area contributed by atoms with Gasteiger partial charge >= 0.3 is 0 Å². The summed E-state index contributed by atoms with van der Waals surface area (Å²) in [5, 5.41) is 0. The lowest BCUT2D eigenvalue weighted by Crippen LogP contribution is -2.46. The van der Waals surface area contributed by atoms with Crippen molar-refractivity contribution < 1.29 is 13.9 Å². The number of rotatable bonds is 4. The van der Waals surface area contributed by atoms with Crippen LogP contribution in [0.3, 0.4) is 0 Å². The van der Waals surface area contributed by atoms with Crippen molar-refractivity contribution in [3.8, 4) is 5.75 Å². The van der Waals surface area contributed by atoms with Crippen LogP contribution in [0.1, 0.15) is 44.1 Å². The minimum atomic E-state index is -0.448. The zero-order valence-corrected chi connectivity index (χ0v) is 16.5. The molecule has 1 saturated carbocycles. The van der Waals surface area contributed by atoms with Crippen LogP contribution in [0.4, 0.5) is 15.8 Å². The Bertz CT molecular complexity index is 907. The molecule has 1 saturated heterocycles. The maximum Gasteiger partial charge on any atom is 0.231 e. The fourth-order valence-corrected chi connectivity index (χ4v) is 4.65. The number of aromatic nitrogens is 1. The smallest absolute Gasteiger partial charge is 0.231 e. The monoisotopic (exact) mass is 395 g/mol. The van der Waals surface area contributed by atoms with E-state index in [4.69, 9.17) is 4.74 Å². The number of benzene rings is 1. The van der Waals surface area contributed by atoms with Gasteiger partial charge in [0.2, 0.25) is 5.91 Å². The van der Waals surface area contributed by atoms with Crippen molar-refractivity contribution >= 4 is 17.3 Å². The number of hydrogen-bond donors (Lipinski definition) is 0. The van der Waals surface area contributed by atoms with E-state index in [2.05, 4.69) is 9.88 Å². The Hall–Kier alpha value is -2.47. The van der Waals surface area contributed by atoms with Crippen LogP contribution in [0.15, 0.2) is 36.7 Å². The number of hydrogen-bond acceptors (Lipinski definition) is 4. The number of fused-ring (bicyclic) bond motifs is 1. The number of likely N-dealkylation sites (tertiary alicyclic amines) is 1. The first-order valence-corrected chi connectivity index (χ1v) is 10.6. The first-order valence-electron chi connectivity index (χ1n) is 10.6. The van der Waals surface area contributed by atoms with Gasteiger partial charge < -0.3 is 9.64 Å². The van der Waals surface area contributed by atoms with E-state index in [9.17, 15) is 9.18 Å². The summed E-state index contributed by atoms with van der Waals surface area (Å²) in [6.45, 7) is 2.24. The van der Waals surface area contributed by atoms with Crippen LogP contribution >= 0.6 is 0 Å². The Morgan fingerprint density at radius 3 is 2.59 bits per heavy atom. The molecule has 1 aliphatic carbocycles. The second-order valence-corrected chi connectivity index (χ2v) is 8.32. The normalized spacial score (nSPS) is 21.0. The number of carbonyl (C=O) groups is 1. The highest BCUT2D eigenvalue weighted by Crippen LogP contribution is 2.37. The molecule has 3 heterocycles. The van der Waals surface area contributed by atoms with Crippen LogP contribution in [-0.2, 0) is 11.2 Å². The van der Waals surface area contributed by atoms with Crippen LogP contribution < -0.4 is 9.64 Å². The van der Waals surface area contributed by atoms with Gasteiger partial charge in [-0.25, -0.2) is 4.39 Å². The Labute approximate surface area is 170 Å². The molecule has 0 atom stereocenters. The Kier molecular flexibility index (Phi) is 4.96. The van der Waals surface area contributed by atoms with E-state index in [1.807, 2.05) is 18.2 Å². The molecule has 1 amide bonds. The molecule has 1 aromatic carbocycles. The van der Waals surface area contributed by atoms with Crippen LogP contribution in [0.2, 0.25) is 0 Å². The minimum Gasteiger partial charge on any atom is -0.490 e. The standard InChI is InChI=1S/C23H26FN3O2/c24-17-13-19(15-25-14-17)27-22-6-5-21(12-16(22)4-7-23(27)28)29-20-8-10-26(11-9-20)18-2-1-3-18/h5-6,12-15,18,20H,1-4,7-11H2. The molecule has 5 rings (SSSR count). The lowest BCUT2D eigenvalue weighted by molar-refractivity contribution is -0.118. The first-order chi connectivity index (χ1) is 14.2. The molecule has 5 nitrogen and oxygen atoms in total. The van der Waals surface area contributed by atoms with Gasteiger partial charge in [-0.1, -0.05) is 6.42 Å². The maximum absolute atomic E-state index is 13.6. The number of ether oxygens (including phenoxy) is 1. The lowest BCUT2D eigenvalue weighted by Gasteiger charge is -2.41. The minimum absolute atomic E-state index is 0.0399. The Balaban J connectivity index is 1.30. The quantitative estimate of drug-likeness (QED) is 0.777. The molecule has 2 aromatic rings.